The quantitative estimate of drug-likeness (QED) is 0.615. The molecule has 2 amide bonds. The van der Waals surface area contributed by atoms with E-state index in [1.807, 2.05) is 19.1 Å². The summed E-state index contributed by atoms with van der Waals surface area (Å²) in [6, 6.07) is 5.41. The van der Waals surface area contributed by atoms with Crippen molar-refractivity contribution in [3.63, 3.8) is 0 Å². The topological polar surface area (TPSA) is 58.2 Å². The third-order valence-electron chi connectivity index (χ3n) is 2.94. The second-order valence-electron chi connectivity index (χ2n) is 4.73. The third kappa shape index (κ3) is 5.74. The fourth-order valence-electron chi connectivity index (χ4n) is 1.74. The fraction of sp³-hybridized carbons (Fsp3) is 0.467. The number of halogens is 1. The molecular formula is C15H21BrN2O2. The van der Waals surface area contributed by atoms with Crippen molar-refractivity contribution in [2.75, 3.05) is 11.9 Å². The van der Waals surface area contributed by atoms with Gasteiger partial charge in [0.15, 0.2) is 0 Å². The maximum atomic E-state index is 11.7. The summed E-state index contributed by atoms with van der Waals surface area (Å²) in [6.07, 6.45) is 4.28. The number of anilines is 1. The summed E-state index contributed by atoms with van der Waals surface area (Å²) in [7, 11) is 0. The minimum Gasteiger partial charge on any atom is -0.348 e. The Balaban J connectivity index is 2.37. The van der Waals surface area contributed by atoms with Crippen LogP contribution in [0.15, 0.2) is 22.7 Å². The summed E-state index contributed by atoms with van der Waals surface area (Å²) in [6.45, 7) is 4.60. The maximum Gasteiger partial charge on any atom is 0.313 e. The molecule has 1 aromatic rings. The van der Waals surface area contributed by atoms with Crippen molar-refractivity contribution in [2.45, 2.75) is 39.5 Å². The van der Waals surface area contributed by atoms with E-state index in [2.05, 4.69) is 33.5 Å². The number of aryl methyl sites for hydroxylation is 1. The van der Waals surface area contributed by atoms with Crippen molar-refractivity contribution in [1.29, 1.82) is 0 Å². The Bertz CT molecular complexity index is 475. The third-order valence-corrected chi connectivity index (χ3v) is 3.83. The van der Waals surface area contributed by atoms with Gasteiger partial charge in [0.05, 0.1) is 0 Å². The van der Waals surface area contributed by atoms with E-state index in [1.54, 1.807) is 6.07 Å². The van der Waals surface area contributed by atoms with Crippen LogP contribution in [-0.2, 0) is 9.59 Å². The SMILES string of the molecule is CCCCCCNC(=O)C(=O)Nc1ccc(Br)c(C)c1. The molecule has 5 heteroatoms. The van der Waals surface area contributed by atoms with Crippen LogP contribution in [0.25, 0.3) is 0 Å². The zero-order valence-corrected chi connectivity index (χ0v) is 13.5. The van der Waals surface area contributed by atoms with Gasteiger partial charge < -0.3 is 10.6 Å². The molecule has 0 saturated heterocycles. The molecule has 2 N–H and O–H groups in total. The van der Waals surface area contributed by atoms with Crippen LogP contribution >= 0.6 is 15.9 Å². The number of hydrogen-bond acceptors (Lipinski definition) is 2. The van der Waals surface area contributed by atoms with Crippen molar-refractivity contribution >= 4 is 33.4 Å². The van der Waals surface area contributed by atoms with E-state index in [-0.39, 0.29) is 0 Å². The van der Waals surface area contributed by atoms with Crippen molar-refractivity contribution in [3.8, 4) is 0 Å². The highest BCUT2D eigenvalue weighted by molar-refractivity contribution is 9.10. The van der Waals surface area contributed by atoms with E-state index in [0.29, 0.717) is 12.2 Å². The number of rotatable bonds is 6. The van der Waals surface area contributed by atoms with Crippen molar-refractivity contribution in [2.24, 2.45) is 0 Å². The van der Waals surface area contributed by atoms with E-state index in [9.17, 15) is 9.59 Å². The molecule has 4 nitrogen and oxygen atoms in total. The van der Waals surface area contributed by atoms with Crippen LogP contribution in [0.5, 0.6) is 0 Å². The minimum atomic E-state index is -0.623. The van der Waals surface area contributed by atoms with Gasteiger partial charge in [-0.3, -0.25) is 9.59 Å². The standard InChI is InChI=1S/C15H21BrN2O2/c1-3-4-5-6-9-17-14(19)15(20)18-12-7-8-13(16)11(2)10-12/h7-8,10H,3-6,9H2,1-2H3,(H,17,19)(H,18,20). The minimum absolute atomic E-state index is 0.547. The van der Waals surface area contributed by atoms with Gasteiger partial charge in [-0.15, -0.1) is 0 Å². The van der Waals surface area contributed by atoms with Crippen LogP contribution in [0, 0.1) is 6.92 Å². The smallest absolute Gasteiger partial charge is 0.313 e. The van der Waals surface area contributed by atoms with Crippen molar-refractivity contribution in [1.82, 2.24) is 5.32 Å². The van der Waals surface area contributed by atoms with Gasteiger partial charge in [-0.05, 0) is 37.1 Å². The lowest BCUT2D eigenvalue weighted by molar-refractivity contribution is -0.136. The van der Waals surface area contributed by atoms with E-state index < -0.39 is 11.8 Å². The lowest BCUT2D eigenvalue weighted by Crippen LogP contribution is -2.35. The molecule has 0 spiro atoms. The molecule has 0 heterocycles. The Labute approximate surface area is 128 Å². The average molecular weight is 341 g/mol. The number of benzene rings is 1. The summed E-state index contributed by atoms with van der Waals surface area (Å²) >= 11 is 3.39. The van der Waals surface area contributed by atoms with E-state index >= 15 is 0 Å². The van der Waals surface area contributed by atoms with Gasteiger partial charge in [-0.25, -0.2) is 0 Å². The molecule has 0 aromatic heterocycles. The average Bonchev–Trinajstić information content (AvgIpc) is 2.42. The highest BCUT2D eigenvalue weighted by atomic mass is 79.9. The molecule has 20 heavy (non-hydrogen) atoms. The van der Waals surface area contributed by atoms with Crippen molar-refractivity contribution < 1.29 is 9.59 Å². The van der Waals surface area contributed by atoms with Gasteiger partial charge in [-0.2, -0.15) is 0 Å². The number of nitrogens with one attached hydrogen (secondary N) is 2. The van der Waals surface area contributed by atoms with Crippen LogP contribution in [0.1, 0.15) is 38.2 Å². The lowest BCUT2D eigenvalue weighted by Gasteiger charge is -2.07. The summed E-state index contributed by atoms with van der Waals surface area (Å²) < 4.78 is 0.968. The normalized spacial score (nSPS) is 10.2. The van der Waals surface area contributed by atoms with E-state index in [0.717, 1.165) is 35.7 Å². The van der Waals surface area contributed by atoms with Gasteiger partial charge >= 0.3 is 11.8 Å². The zero-order valence-electron chi connectivity index (χ0n) is 12.0. The molecule has 110 valence electrons. The van der Waals surface area contributed by atoms with Gasteiger partial charge in [-0.1, -0.05) is 42.1 Å². The molecule has 0 fully saturated rings. The van der Waals surface area contributed by atoms with E-state index in [4.69, 9.17) is 0 Å². The Morgan fingerprint density at radius 1 is 1.15 bits per heavy atom. The molecule has 0 aliphatic heterocycles. The zero-order chi connectivity index (χ0) is 15.0. The Kier molecular flexibility index (Phi) is 7.30. The highest BCUT2D eigenvalue weighted by Gasteiger charge is 2.13. The van der Waals surface area contributed by atoms with Crippen LogP contribution in [0.3, 0.4) is 0 Å². The summed E-state index contributed by atoms with van der Waals surface area (Å²) in [4.78, 5) is 23.3. The van der Waals surface area contributed by atoms with Gasteiger partial charge in [0.2, 0.25) is 0 Å². The number of amides is 2. The van der Waals surface area contributed by atoms with E-state index in [1.165, 1.54) is 0 Å². The molecule has 0 saturated carbocycles. The molecule has 0 aliphatic rings. The highest BCUT2D eigenvalue weighted by Crippen LogP contribution is 2.19. The van der Waals surface area contributed by atoms with Gasteiger partial charge in [0.25, 0.3) is 0 Å². The van der Waals surface area contributed by atoms with Gasteiger partial charge in [0, 0.05) is 16.7 Å². The second-order valence-corrected chi connectivity index (χ2v) is 5.59. The molecule has 0 atom stereocenters. The summed E-state index contributed by atoms with van der Waals surface area (Å²) in [5.41, 5.74) is 1.62. The summed E-state index contributed by atoms with van der Waals surface area (Å²) in [5.74, 6) is -1.20. The molecule has 0 unspecified atom stereocenters. The molecule has 0 bridgehead atoms. The number of carbonyl (C=O) groups excluding carboxylic acids is 2. The van der Waals surface area contributed by atoms with Crippen LogP contribution in [0.4, 0.5) is 5.69 Å². The van der Waals surface area contributed by atoms with Gasteiger partial charge in [0.1, 0.15) is 0 Å². The Morgan fingerprint density at radius 2 is 1.90 bits per heavy atom. The first-order valence-electron chi connectivity index (χ1n) is 6.90. The van der Waals surface area contributed by atoms with Crippen molar-refractivity contribution in [3.05, 3.63) is 28.2 Å². The predicted molar refractivity (Wildman–Crippen MR) is 84.7 cm³/mol. The predicted octanol–water partition coefficient (Wildman–Crippen LogP) is 3.39. The largest absolute Gasteiger partial charge is 0.348 e. The molecule has 0 radical (unpaired) electrons. The fourth-order valence-corrected chi connectivity index (χ4v) is 1.99. The maximum absolute atomic E-state index is 11.7. The molecular weight excluding hydrogens is 320 g/mol. The molecule has 1 rings (SSSR count). The summed E-state index contributed by atoms with van der Waals surface area (Å²) in [5, 5.41) is 5.22. The second kappa shape index (κ2) is 8.74. The lowest BCUT2D eigenvalue weighted by atomic mass is 10.2. The number of hydrogen-bond donors (Lipinski definition) is 2. The first-order chi connectivity index (χ1) is 9.54. The van der Waals surface area contributed by atoms with Crippen LogP contribution < -0.4 is 10.6 Å². The Morgan fingerprint density at radius 3 is 2.55 bits per heavy atom. The number of unbranched alkanes of at least 4 members (excludes halogenated alkanes) is 3. The molecule has 0 aliphatic carbocycles. The molecule has 1 aromatic carbocycles. The van der Waals surface area contributed by atoms with Crippen LogP contribution in [0.2, 0.25) is 0 Å². The first kappa shape index (κ1) is 16.7. The van der Waals surface area contributed by atoms with Crippen LogP contribution in [-0.4, -0.2) is 18.4 Å². The number of carbonyl (C=O) groups is 2. The monoisotopic (exact) mass is 340 g/mol. The Hall–Kier alpha value is -1.36. The first-order valence-corrected chi connectivity index (χ1v) is 7.69.